The highest BCUT2D eigenvalue weighted by molar-refractivity contribution is 5.54. The Bertz CT molecular complexity index is 347. The van der Waals surface area contributed by atoms with E-state index in [4.69, 9.17) is 0 Å². The quantitative estimate of drug-likeness (QED) is 0.624. The molecule has 0 aromatic rings. The molecule has 0 aromatic heterocycles. The van der Waals surface area contributed by atoms with Crippen molar-refractivity contribution in [3.8, 4) is 0 Å². The summed E-state index contributed by atoms with van der Waals surface area (Å²) in [6, 6.07) is 0. The molecule has 0 amide bonds. The maximum atomic E-state index is 10.7. The minimum absolute atomic E-state index is 0.318. The highest BCUT2D eigenvalue weighted by Gasteiger charge is 2.30. The lowest BCUT2D eigenvalue weighted by Crippen LogP contribution is -2.31. The van der Waals surface area contributed by atoms with E-state index in [0.29, 0.717) is 12.4 Å². The zero-order valence-corrected chi connectivity index (χ0v) is 12.9. The van der Waals surface area contributed by atoms with Crippen LogP contribution in [0.5, 0.6) is 0 Å². The van der Waals surface area contributed by atoms with Gasteiger partial charge < -0.3 is 10.1 Å². The number of hydrogen-bond acceptors (Lipinski definition) is 4. The molecular formula is C16H27NO3. The summed E-state index contributed by atoms with van der Waals surface area (Å²) in [5.74, 6) is 3.50. The van der Waals surface area contributed by atoms with Gasteiger partial charge in [-0.25, -0.2) is 4.79 Å². The highest BCUT2D eigenvalue weighted by Crippen LogP contribution is 2.38. The van der Waals surface area contributed by atoms with Crippen molar-refractivity contribution in [1.29, 1.82) is 0 Å². The summed E-state index contributed by atoms with van der Waals surface area (Å²) >= 11 is 0. The normalized spacial score (nSPS) is 23.6. The summed E-state index contributed by atoms with van der Waals surface area (Å²) in [6.45, 7) is 8.19. The Morgan fingerprint density at radius 3 is 2.35 bits per heavy atom. The van der Waals surface area contributed by atoms with Crippen LogP contribution in [0, 0.1) is 11.8 Å². The number of ether oxygens (including phenoxy) is 1. The number of piperidine rings is 1. The van der Waals surface area contributed by atoms with E-state index in [-0.39, 0.29) is 5.60 Å². The van der Waals surface area contributed by atoms with E-state index in [1.54, 1.807) is 0 Å². The first-order valence-electron chi connectivity index (χ1n) is 7.54. The summed E-state index contributed by atoms with van der Waals surface area (Å²) in [5, 5.41) is 3.36. The Balaban J connectivity index is 0.000000246. The van der Waals surface area contributed by atoms with E-state index in [0.717, 1.165) is 31.0 Å². The second-order valence-electron chi connectivity index (χ2n) is 6.54. The van der Waals surface area contributed by atoms with Crippen LogP contribution < -0.4 is 5.32 Å². The van der Waals surface area contributed by atoms with Crippen LogP contribution in [0.15, 0.2) is 5.57 Å². The molecule has 1 unspecified atom stereocenters. The molecule has 4 nitrogen and oxygen atoms in total. The van der Waals surface area contributed by atoms with Crippen LogP contribution in [-0.4, -0.2) is 31.1 Å². The van der Waals surface area contributed by atoms with Crippen molar-refractivity contribution in [2.24, 2.45) is 11.8 Å². The molecule has 1 heterocycles. The van der Waals surface area contributed by atoms with Gasteiger partial charge in [0.05, 0.1) is 0 Å². The predicted molar refractivity (Wildman–Crippen MR) is 79.0 cm³/mol. The molecule has 1 saturated heterocycles. The van der Waals surface area contributed by atoms with Gasteiger partial charge in [0.1, 0.15) is 11.5 Å². The van der Waals surface area contributed by atoms with Crippen molar-refractivity contribution < 1.29 is 14.3 Å². The Morgan fingerprint density at radius 1 is 1.25 bits per heavy atom. The Hall–Kier alpha value is -1.12. The number of carbonyl (C=O) groups is 1. The fraction of sp³-hybridized carbons (Fsp3) is 0.812. The maximum Gasteiger partial charge on any atom is 0.293 e. The number of hydrogen-bond donors (Lipinski definition) is 1. The Morgan fingerprint density at radius 2 is 1.90 bits per heavy atom. The maximum absolute atomic E-state index is 10.7. The van der Waals surface area contributed by atoms with Crippen molar-refractivity contribution in [2.75, 3.05) is 13.1 Å². The zero-order chi connectivity index (χ0) is 15.0. The topological polar surface area (TPSA) is 55.4 Å². The molecule has 2 rings (SSSR count). The van der Waals surface area contributed by atoms with Crippen LogP contribution in [0.1, 0.15) is 52.9 Å². The third-order valence-corrected chi connectivity index (χ3v) is 3.89. The molecule has 2 aliphatic rings. The smallest absolute Gasteiger partial charge is 0.293 e. The van der Waals surface area contributed by atoms with Crippen molar-refractivity contribution in [1.82, 2.24) is 5.32 Å². The number of nitrogens with one attached hydrogen (secondary N) is 1. The number of carbonyl (C=O) groups excluding carboxylic acids is 2. The van der Waals surface area contributed by atoms with Gasteiger partial charge in [-0.05, 0) is 77.8 Å². The third kappa shape index (κ3) is 5.89. The first-order valence-corrected chi connectivity index (χ1v) is 7.54. The van der Waals surface area contributed by atoms with E-state index in [2.05, 4.69) is 16.0 Å². The third-order valence-electron chi connectivity index (χ3n) is 3.89. The van der Waals surface area contributed by atoms with Crippen molar-refractivity contribution in [3.05, 3.63) is 5.57 Å². The Kier molecular flexibility index (Phi) is 6.97. The van der Waals surface area contributed by atoms with E-state index in [9.17, 15) is 9.59 Å². The zero-order valence-electron chi connectivity index (χ0n) is 12.9. The van der Waals surface area contributed by atoms with Crippen LogP contribution >= 0.6 is 0 Å². The van der Waals surface area contributed by atoms with Gasteiger partial charge >= 0.3 is 0 Å². The molecule has 2 fully saturated rings. The summed E-state index contributed by atoms with van der Waals surface area (Å²) in [7, 11) is 0. The molecule has 0 radical (unpaired) electrons. The van der Waals surface area contributed by atoms with Crippen LogP contribution in [0.4, 0.5) is 0 Å². The molecule has 1 aliphatic carbocycles. The van der Waals surface area contributed by atoms with Crippen molar-refractivity contribution >= 4 is 12.4 Å². The van der Waals surface area contributed by atoms with Crippen LogP contribution in [0.2, 0.25) is 0 Å². The Labute approximate surface area is 122 Å². The molecule has 1 aliphatic heterocycles. The molecule has 1 N–H and O–H groups in total. The molecule has 114 valence electrons. The summed E-state index contributed by atoms with van der Waals surface area (Å²) in [4.78, 5) is 20.3. The van der Waals surface area contributed by atoms with E-state index in [1.807, 2.05) is 20.8 Å². The number of allylic oxidation sites excluding steroid dienone is 1. The lowest BCUT2D eigenvalue weighted by Gasteiger charge is -2.27. The van der Waals surface area contributed by atoms with Crippen LogP contribution in [0.25, 0.3) is 0 Å². The molecule has 0 aromatic carbocycles. The molecule has 1 saturated carbocycles. The largest absolute Gasteiger partial charge is 0.462 e. The monoisotopic (exact) mass is 281 g/mol. The second kappa shape index (κ2) is 8.23. The van der Waals surface area contributed by atoms with Gasteiger partial charge in [-0.2, -0.15) is 0 Å². The molecule has 0 bridgehead atoms. The predicted octanol–water partition coefficient (Wildman–Crippen LogP) is 2.50. The molecular weight excluding hydrogens is 254 g/mol. The van der Waals surface area contributed by atoms with E-state index < -0.39 is 0 Å². The summed E-state index contributed by atoms with van der Waals surface area (Å²) in [5.41, 5.74) is 0.758. The van der Waals surface area contributed by atoms with Gasteiger partial charge in [-0.1, -0.05) is 0 Å². The van der Waals surface area contributed by atoms with E-state index in [1.165, 1.54) is 25.7 Å². The minimum atomic E-state index is -0.318. The fourth-order valence-corrected chi connectivity index (χ4v) is 2.91. The second-order valence-corrected chi connectivity index (χ2v) is 6.54. The van der Waals surface area contributed by atoms with Gasteiger partial charge in [0.25, 0.3) is 6.47 Å². The van der Waals surface area contributed by atoms with Gasteiger partial charge in [0, 0.05) is 5.57 Å². The van der Waals surface area contributed by atoms with Gasteiger partial charge in [-0.15, -0.1) is 0 Å². The molecule has 1 atom stereocenters. The van der Waals surface area contributed by atoms with Crippen LogP contribution in [-0.2, 0) is 14.3 Å². The summed E-state index contributed by atoms with van der Waals surface area (Å²) < 4.78 is 4.55. The summed E-state index contributed by atoms with van der Waals surface area (Å²) in [6.07, 6.45) is 5.94. The van der Waals surface area contributed by atoms with Crippen molar-refractivity contribution in [2.45, 2.75) is 58.5 Å². The first-order chi connectivity index (χ1) is 9.48. The first kappa shape index (κ1) is 16.9. The van der Waals surface area contributed by atoms with Crippen LogP contribution in [0.3, 0.4) is 0 Å². The minimum Gasteiger partial charge on any atom is -0.462 e. The standard InChI is InChI=1S/C11H17NO.C5H10O2/c13-8-10-2-1-3-11(10)9-4-6-12-7-5-9;1-5(2,3)7-4-6/h9,11-12H,1-7H2;4H,1-3H3. The molecule has 20 heavy (non-hydrogen) atoms. The average molecular weight is 281 g/mol. The van der Waals surface area contributed by atoms with E-state index >= 15 is 0 Å². The molecule has 0 spiro atoms. The SMILES string of the molecule is CC(C)(C)OC=O.O=C=C1CCCC1C1CCNCC1. The highest BCUT2D eigenvalue weighted by atomic mass is 16.5. The lowest BCUT2D eigenvalue weighted by molar-refractivity contribution is -0.138. The van der Waals surface area contributed by atoms with Crippen molar-refractivity contribution in [3.63, 3.8) is 0 Å². The number of rotatable bonds is 2. The average Bonchev–Trinajstić information content (AvgIpc) is 2.87. The van der Waals surface area contributed by atoms with Gasteiger partial charge in [-0.3, -0.25) is 4.79 Å². The van der Waals surface area contributed by atoms with Gasteiger partial charge in [0.15, 0.2) is 0 Å². The lowest BCUT2D eigenvalue weighted by atomic mass is 9.82. The van der Waals surface area contributed by atoms with Gasteiger partial charge in [0.2, 0.25) is 0 Å². The fourth-order valence-electron chi connectivity index (χ4n) is 2.91. The molecule has 4 heteroatoms.